The molecule has 10 nitrogen and oxygen atoms in total. The van der Waals surface area contributed by atoms with Crippen molar-refractivity contribution < 1.29 is 41.3 Å². The third-order valence-electron chi connectivity index (χ3n) is 8.43. The van der Waals surface area contributed by atoms with Gasteiger partial charge in [-0.2, -0.15) is 0 Å². The summed E-state index contributed by atoms with van der Waals surface area (Å²) in [5, 5.41) is 22.4. The summed E-state index contributed by atoms with van der Waals surface area (Å²) in [5.41, 5.74) is -1.07. The molecule has 0 saturated carbocycles. The van der Waals surface area contributed by atoms with Crippen LogP contribution in [0.4, 0.5) is 0 Å². The molecule has 1 heterocycles. The van der Waals surface area contributed by atoms with Crippen LogP contribution in [-0.4, -0.2) is 112 Å². The van der Waals surface area contributed by atoms with Crippen LogP contribution in [0.1, 0.15) is 116 Å². The Bertz CT molecular complexity index is 779. The van der Waals surface area contributed by atoms with E-state index in [0.29, 0.717) is 6.04 Å². The number of nitrogens with zero attached hydrogens (tertiary/aromatic N) is 1. The van der Waals surface area contributed by atoms with Gasteiger partial charge in [-0.25, -0.2) is 8.42 Å². The Morgan fingerprint density at radius 1 is 0.833 bits per heavy atom. The van der Waals surface area contributed by atoms with Crippen LogP contribution in [0.2, 0.25) is 6.04 Å². The van der Waals surface area contributed by atoms with E-state index in [0.717, 1.165) is 24.0 Å². The first-order valence-electron chi connectivity index (χ1n) is 16.6. The van der Waals surface area contributed by atoms with Crippen molar-refractivity contribution in [2.75, 3.05) is 59.3 Å². The summed E-state index contributed by atoms with van der Waals surface area (Å²) in [5.74, 6) is -0.921. The number of aliphatic hydroxyl groups is 2. The van der Waals surface area contributed by atoms with Gasteiger partial charge in [0.25, 0.3) is 0 Å². The summed E-state index contributed by atoms with van der Waals surface area (Å²) in [6.07, 6.45) is 21.2. The predicted molar refractivity (Wildman–Crippen MR) is 169 cm³/mol. The average Bonchev–Trinajstić information content (AvgIpc) is 2.92. The molecule has 1 aliphatic heterocycles. The summed E-state index contributed by atoms with van der Waals surface area (Å²) in [6.45, 7) is 3.60. The van der Waals surface area contributed by atoms with Crippen LogP contribution in [0.5, 0.6) is 0 Å². The zero-order chi connectivity index (χ0) is 31.4. The SMILES string of the molecule is CCCCCCCCCCCCCCCCCC[N+](C)(C)CCC[Si]1(O)OCC(CO)(NCC(O)CS(=O)(=O)[O-])CO1. The van der Waals surface area contributed by atoms with Gasteiger partial charge in [-0.3, -0.25) is 0 Å². The maximum Gasteiger partial charge on any atom is 0.498 e. The molecule has 1 fully saturated rings. The normalized spacial score (nSPS) is 22.5. The Hall–Kier alpha value is -0.153. The summed E-state index contributed by atoms with van der Waals surface area (Å²) >= 11 is 0. The third kappa shape index (κ3) is 20.0. The van der Waals surface area contributed by atoms with Gasteiger partial charge in [0.05, 0.1) is 74.5 Å². The van der Waals surface area contributed by atoms with Crippen molar-refractivity contribution in [2.45, 2.75) is 134 Å². The highest BCUT2D eigenvalue weighted by Crippen LogP contribution is 2.24. The molecule has 0 aromatic heterocycles. The fourth-order valence-electron chi connectivity index (χ4n) is 5.54. The number of hydrogen-bond donors (Lipinski definition) is 4. The first-order chi connectivity index (χ1) is 19.8. The molecular weight excluding hydrogens is 576 g/mol. The van der Waals surface area contributed by atoms with E-state index in [1.165, 1.54) is 103 Å². The lowest BCUT2D eigenvalue weighted by atomic mass is 10.0. The second-order valence-electron chi connectivity index (χ2n) is 13.3. The molecule has 1 unspecified atom stereocenters. The lowest BCUT2D eigenvalue weighted by Crippen LogP contribution is -2.65. The molecular formula is C30H64N2O8SSi. The van der Waals surface area contributed by atoms with Crippen LogP contribution in [-0.2, 0) is 19.0 Å². The minimum atomic E-state index is -4.56. The molecule has 4 N–H and O–H groups in total. The molecule has 0 spiro atoms. The van der Waals surface area contributed by atoms with E-state index in [4.69, 9.17) is 8.85 Å². The van der Waals surface area contributed by atoms with Gasteiger partial charge in [0.1, 0.15) is 0 Å². The van der Waals surface area contributed by atoms with Crippen molar-refractivity contribution in [2.24, 2.45) is 0 Å². The number of rotatable bonds is 27. The number of aliphatic hydroxyl groups excluding tert-OH is 2. The number of nitrogens with one attached hydrogen (secondary N) is 1. The number of β-amino-alcohol motifs (C(OH)–C–C–N with tert-alkyl or cyclic N) is 1. The highest BCUT2D eigenvalue weighted by atomic mass is 32.2. The Balaban J connectivity index is 2.09. The first kappa shape index (κ1) is 39.9. The van der Waals surface area contributed by atoms with Crippen LogP contribution in [0.15, 0.2) is 0 Å². The van der Waals surface area contributed by atoms with Gasteiger partial charge in [0, 0.05) is 19.0 Å². The maximum atomic E-state index is 10.9. The molecule has 0 amide bonds. The molecule has 0 aliphatic carbocycles. The van der Waals surface area contributed by atoms with Crippen LogP contribution < -0.4 is 5.32 Å². The van der Waals surface area contributed by atoms with Crippen molar-refractivity contribution in [3.8, 4) is 0 Å². The summed E-state index contributed by atoms with van der Waals surface area (Å²) in [6, 6.07) is 0.423. The van der Waals surface area contributed by atoms with Gasteiger partial charge in [-0.05, 0) is 12.8 Å². The first-order valence-corrected chi connectivity index (χ1v) is 20.2. The van der Waals surface area contributed by atoms with Crippen molar-refractivity contribution in [3.63, 3.8) is 0 Å². The van der Waals surface area contributed by atoms with E-state index in [9.17, 15) is 28.0 Å². The zero-order valence-corrected chi connectivity index (χ0v) is 28.8. The van der Waals surface area contributed by atoms with Crippen LogP contribution >= 0.6 is 0 Å². The Morgan fingerprint density at radius 3 is 1.69 bits per heavy atom. The van der Waals surface area contributed by atoms with Gasteiger partial charge in [-0.15, -0.1) is 0 Å². The lowest BCUT2D eigenvalue weighted by molar-refractivity contribution is -0.890. The van der Waals surface area contributed by atoms with E-state index >= 15 is 0 Å². The van der Waals surface area contributed by atoms with Crippen molar-refractivity contribution in [1.82, 2.24) is 5.32 Å². The molecule has 1 aliphatic rings. The van der Waals surface area contributed by atoms with Crippen molar-refractivity contribution in [3.05, 3.63) is 0 Å². The molecule has 0 aromatic rings. The van der Waals surface area contributed by atoms with Gasteiger partial charge >= 0.3 is 8.80 Å². The lowest BCUT2D eigenvalue weighted by Gasteiger charge is -2.42. The standard InChI is InChI=1S/C30H64N2O8SSi/c1-4-5-6-7-8-9-10-11-12-13-14-15-16-17-18-19-21-32(2,3)22-20-23-42(38)39-27-30(26-33,28-40-42)31-24-29(34)25-41(35,36)37/h29,31,33-34,38H,4-28H2,1-3H3. The second-order valence-corrected chi connectivity index (χ2v) is 17.2. The molecule has 12 heteroatoms. The number of quaternary nitrogens is 1. The third-order valence-corrected chi connectivity index (χ3v) is 11.4. The van der Waals surface area contributed by atoms with Crippen LogP contribution in [0.25, 0.3) is 0 Å². The fourth-order valence-corrected chi connectivity index (χ4v) is 8.11. The average molecular weight is 641 g/mol. The second kappa shape index (κ2) is 21.6. The molecule has 0 bridgehead atoms. The largest absolute Gasteiger partial charge is 0.748 e. The summed E-state index contributed by atoms with van der Waals surface area (Å²) in [4.78, 5) is 10.9. The van der Waals surface area contributed by atoms with E-state index < -0.39 is 42.9 Å². The molecule has 0 radical (unpaired) electrons. The molecule has 42 heavy (non-hydrogen) atoms. The van der Waals surface area contributed by atoms with Crippen molar-refractivity contribution in [1.29, 1.82) is 0 Å². The monoisotopic (exact) mass is 640 g/mol. The fraction of sp³-hybridized carbons (Fsp3) is 1.00. The highest BCUT2D eigenvalue weighted by Gasteiger charge is 2.47. The highest BCUT2D eigenvalue weighted by molar-refractivity contribution is 7.85. The number of unbranched alkanes of at least 4 members (excludes halogenated alkanes) is 15. The summed E-state index contributed by atoms with van der Waals surface area (Å²) < 4.78 is 44.7. The minimum absolute atomic E-state index is 0.0273. The predicted octanol–water partition coefficient (Wildman–Crippen LogP) is 3.92. The molecule has 0 aromatic carbocycles. The van der Waals surface area contributed by atoms with E-state index in [-0.39, 0.29) is 19.8 Å². The smallest absolute Gasteiger partial charge is 0.498 e. The molecule has 1 atom stereocenters. The summed E-state index contributed by atoms with van der Waals surface area (Å²) in [7, 11) is -3.51. The van der Waals surface area contributed by atoms with E-state index in [1.54, 1.807) is 0 Å². The van der Waals surface area contributed by atoms with Gasteiger partial charge in [0.15, 0.2) is 0 Å². The Morgan fingerprint density at radius 2 is 1.26 bits per heavy atom. The van der Waals surface area contributed by atoms with E-state index in [2.05, 4.69) is 26.3 Å². The zero-order valence-electron chi connectivity index (χ0n) is 27.0. The maximum absolute atomic E-state index is 10.9. The van der Waals surface area contributed by atoms with Gasteiger partial charge in [-0.1, -0.05) is 96.8 Å². The topological polar surface area (TPSA) is 148 Å². The molecule has 1 rings (SSSR count). The number of hydrogen-bond acceptors (Lipinski definition) is 9. The van der Waals surface area contributed by atoms with Gasteiger partial charge < -0.3 is 38.2 Å². The van der Waals surface area contributed by atoms with Crippen LogP contribution in [0.3, 0.4) is 0 Å². The van der Waals surface area contributed by atoms with Crippen molar-refractivity contribution >= 4 is 18.9 Å². The Labute approximate surface area is 258 Å². The molecule has 252 valence electrons. The van der Waals surface area contributed by atoms with Crippen LogP contribution in [0, 0.1) is 0 Å². The molecule has 1 saturated heterocycles. The Kier molecular flexibility index (Phi) is 20.5. The van der Waals surface area contributed by atoms with E-state index in [1.807, 2.05) is 0 Å². The minimum Gasteiger partial charge on any atom is -0.748 e. The van der Waals surface area contributed by atoms with Gasteiger partial charge in [0.2, 0.25) is 0 Å². The quantitative estimate of drug-likeness (QED) is 0.0454.